The summed E-state index contributed by atoms with van der Waals surface area (Å²) < 4.78 is 1.57. The molecule has 2 aromatic heterocycles. The van der Waals surface area contributed by atoms with E-state index in [9.17, 15) is 9.59 Å². The molecule has 0 unspecified atom stereocenters. The van der Waals surface area contributed by atoms with Crippen LogP contribution in [0, 0.1) is 0 Å². The molecule has 2 heterocycles. The van der Waals surface area contributed by atoms with Crippen LogP contribution in [0.4, 0.5) is 11.4 Å². The maximum absolute atomic E-state index is 12.1. The van der Waals surface area contributed by atoms with E-state index < -0.39 is 0 Å². The van der Waals surface area contributed by atoms with Crippen LogP contribution in [0.5, 0.6) is 0 Å². The third kappa shape index (κ3) is 2.93. The van der Waals surface area contributed by atoms with Crippen LogP contribution in [-0.4, -0.2) is 19.1 Å². The van der Waals surface area contributed by atoms with Crippen molar-refractivity contribution < 1.29 is 9.59 Å². The molecule has 0 aliphatic heterocycles. The van der Waals surface area contributed by atoms with Crippen molar-refractivity contribution in [1.82, 2.24) is 9.38 Å². The van der Waals surface area contributed by atoms with Gasteiger partial charge in [0, 0.05) is 46.2 Å². The molecular weight excluding hydrogens is 395 g/mol. The van der Waals surface area contributed by atoms with Gasteiger partial charge in [-0.05, 0) is 36.4 Å². The number of imidazole rings is 1. The number of carbonyl (C=O) groups excluding carboxylic acids is 2. The van der Waals surface area contributed by atoms with Crippen molar-refractivity contribution in [3.05, 3.63) is 60.0 Å². The number of nitrogens with zero attached hydrogens (tertiary/aromatic N) is 2. The number of hydrogen-bond acceptors (Lipinski definition) is 4. The number of aromatic nitrogens is 2. The first-order valence-electron chi connectivity index (χ1n) is 6.38. The molecule has 3 N–H and O–H groups in total. The molecule has 7 heteroatoms. The first-order chi connectivity index (χ1) is 10.5. The lowest BCUT2D eigenvalue weighted by Crippen LogP contribution is -2.12. The number of halogens is 1. The van der Waals surface area contributed by atoms with Crippen LogP contribution >= 0.6 is 22.6 Å². The highest BCUT2D eigenvalue weighted by Gasteiger charge is 2.09. The predicted octanol–water partition coefficient (Wildman–Crippen LogP) is 2.74. The largest absolute Gasteiger partial charge is 0.399 e. The number of nitrogens with two attached hydrogens (primary N) is 1. The molecule has 0 aliphatic carbocycles. The van der Waals surface area contributed by atoms with Crippen LogP contribution in [-0.2, 0) is 0 Å². The molecule has 0 fully saturated rings. The average molecular weight is 406 g/mol. The fourth-order valence-corrected chi connectivity index (χ4v) is 2.26. The highest BCUT2D eigenvalue weighted by Crippen LogP contribution is 2.15. The lowest BCUT2D eigenvalue weighted by Gasteiger charge is -2.06. The molecule has 1 amide bonds. The summed E-state index contributed by atoms with van der Waals surface area (Å²) in [5.41, 5.74) is 8.35. The van der Waals surface area contributed by atoms with Crippen molar-refractivity contribution in [2.45, 2.75) is 0 Å². The number of anilines is 2. The molecule has 3 aromatic rings. The lowest BCUT2D eigenvalue weighted by atomic mass is 10.2. The van der Waals surface area contributed by atoms with E-state index in [0.717, 1.165) is 0 Å². The van der Waals surface area contributed by atoms with Crippen molar-refractivity contribution in [3.8, 4) is 0 Å². The molecule has 1 aromatic carbocycles. The summed E-state index contributed by atoms with van der Waals surface area (Å²) in [6.07, 6.45) is 3.34. The van der Waals surface area contributed by atoms with Gasteiger partial charge < -0.3 is 15.5 Å². The average Bonchev–Trinajstić information content (AvgIpc) is 2.91. The number of fused-ring (bicyclic) bond motifs is 1. The third-order valence-corrected chi connectivity index (χ3v) is 3.64. The SMILES string of the molecule is Nc1ccc(C(=O)Nc2ccc3nc(C(=O)I)cn3c2)cc1. The Morgan fingerprint density at radius 1 is 1.09 bits per heavy atom. The van der Waals surface area contributed by atoms with Gasteiger partial charge in [0.05, 0.1) is 5.69 Å². The number of nitrogens with one attached hydrogen (secondary N) is 1. The molecule has 6 nitrogen and oxygen atoms in total. The fourth-order valence-electron chi connectivity index (χ4n) is 2.00. The Labute approximate surface area is 139 Å². The van der Waals surface area contributed by atoms with Crippen LogP contribution < -0.4 is 11.1 Å². The zero-order valence-electron chi connectivity index (χ0n) is 11.3. The summed E-state index contributed by atoms with van der Waals surface area (Å²) in [5, 5.41) is 2.79. The van der Waals surface area contributed by atoms with E-state index in [4.69, 9.17) is 5.73 Å². The van der Waals surface area contributed by atoms with Gasteiger partial charge in [0.25, 0.3) is 5.91 Å². The molecule has 0 atom stereocenters. The van der Waals surface area contributed by atoms with Gasteiger partial charge in [0.2, 0.25) is 3.79 Å². The van der Waals surface area contributed by atoms with Crippen LogP contribution in [0.15, 0.2) is 48.8 Å². The first kappa shape index (κ1) is 14.5. The van der Waals surface area contributed by atoms with Gasteiger partial charge in [-0.25, -0.2) is 4.98 Å². The highest BCUT2D eigenvalue weighted by molar-refractivity contribution is 14.1. The van der Waals surface area contributed by atoms with E-state index in [1.54, 1.807) is 75.8 Å². The first-order valence-corrected chi connectivity index (χ1v) is 7.46. The summed E-state index contributed by atoms with van der Waals surface area (Å²) in [5.74, 6) is -0.232. The van der Waals surface area contributed by atoms with Crippen molar-refractivity contribution in [2.75, 3.05) is 11.1 Å². The Morgan fingerprint density at radius 3 is 2.50 bits per heavy atom. The molecule has 0 radical (unpaired) electrons. The van der Waals surface area contributed by atoms with Crippen LogP contribution in [0.25, 0.3) is 5.65 Å². The van der Waals surface area contributed by atoms with Gasteiger partial charge >= 0.3 is 0 Å². The van der Waals surface area contributed by atoms with Crippen molar-refractivity contribution >= 4 is 49.3 Å². The van der Waals surface area contributed by atoms with E-state index >= 15 is 0 Å². The molecular formula is C15H11IN4O2. The molecule has 0 bridgehead atoms. The molecule has 0 saturated heterocycles. The van der Waals surface area contributed by atoms with Crippen LogP contribution in [0.1, 0.15) is 20.8 Å². The minimum Gasteiger partial charge on any atom is -0.399 e. The molecule has 22 heavy (non-hydrogen) atoms. The molecule has 110 valence electrons. The molecule has 0 spiro atoms. The Balaban J connectivity index is 1.85. The van der Waals surface area contributed by atoms with Gasteiger partial charge in [-0.15, -0.1) is 0 Å². The standard InChI is InChI=1S/C15H11IN4O2/c16-14(21)12-8-20-7-11(5-6-13(20)19-12)18-15(22)9-1-3-10(17)4-2-9/h1-8H,17H2,(H,18,22). The second-order valence-electron chi connectivity index (χ2n) is 4.66. The molecule has 0 saturated carbocycles. The quantitative estimate of drug-likeness (QED) is 0.398. The summed E-state index contributed by atoms with van der Waals surface area (Å²) in [4.78, 5) is 27.6. The van der Waals surface area contributed by atoms with Gasteiger partial charge in [-0.1, -0.05) is 0 Å². The van der Waals surface area contributed by atoms with E-state index in [2.05, 4.69) is 10.3 Å². The van der Waals surface area contributed by atoms with Crippen molar-refractivity contribution in [2.24, 2.45) is 0 Å². The lowest BCUT2D eigenvalue weighted by molar-refractivity contribution is 0.102. The Bertz CT molecular complexity index is 871. The smallest absolute Gasteiger partial charge is 0.255 e. The van der Waals surface area contributed by atoms with Gasteiger partial charge in [-0.3, -0.25) is 9.59 Å². The fraction of sp³-hybridized carbons (Fsp3) is 0. The number of rotatable bonds is 3. The highest BCUT2D eigenvalue weighted by atomic mass is 127. The van der Waals surface area contributed by atoms with Gasteiger partial charge in [-0.2, -0.15) is 0 Å². The summed E-state index contributed by atoms with van der Waals surface area (Å²) >= 11 is 1.69. The second-order valence-corrected chi connectivity index (χ2v) is 5.64. The number of pyridine rings is 1. The van der Waals surface area contributed by atoms with E-state index in [1.807, 2.05) is 0 Å². The zero-order chi connectivity index (χ0) is 15.7. The maximum atomic E-state index is 12.1. The van der Waals surface area contributed by atoms with Crippen LogP contribution in [0.3, 0.4) is 0 Å². The van der Waals surface area contributed by atoms with Crippen molar-refractivity contribution in [1.29, 1.82) is 0 Å². The number of benzene rings is 1. The molecule has 0 aliphatic rings. The summed E-state index contributed by atoms with van der Waals surface area (Å²) in [7, 11) is 0. The number of amides is 1. The van der Waals surface area contributed by atoms with Gasteiger partial charge in [0.15, 0.2) is 0 Å². The predicted molar refractivity (Wildman–Crippen MR) is 92.4 cm³/mol. The summed E-state index contributed by atoms with van der Waals surface area (Å²) in [6, 6.07) is 10.1. The second kappa shape index (κ2) is 5.76. The normalized spacial score (nSPS) is 10.6. The summed E-state index contributed by atoms with van der Waals surface area (Å²) in [6.45, 7) is 0. The minimum absolute atomic E-state index is 0.131. The number of hydrogen-bond donors (Lipinski definition) is 2. The Hall–Kier alpha value is -2.42. The van der Waals surface area contributed by atoms with Gasteiger partial charge in [0.1, 0.15) is 11.3 Å². The maximum Gasteiger partial charge on any atom is 0.255 e. The number of carbonyl (C=O) groups is 2. The van der Waals surface area contributed by atoms with E-state index in [1.165, 1.54) is 0 Å². The molecule has 3 rings (SSSR count). The number of nitrogen functional groups attached to an aromatic ring is 1. The minimum atomic E-state index is -0.232. The van der Waals surface area contributed by atoms with E-state index in [-0.39, 0.29) is 9.70 Å². The van der Waals surface area contributed by atoms with E-state index in [0.29, 0.717) is 28.3 Å². The topological polar surface area (TPSA) is 89.5 Å². The Kier molecular flexibility index (Phi) is 3.80. The Morgan fingerprint density at radius 2 is 1.82 bits per heavy atom. The monoisotopic (exact) mass is 406 g/mol. The van der Waals surface area contributed by atoms with Crippen molar-refractivity contribution in [3.63, 3.8) is 0 Å². The third-order valence-electron chi connectivity index (χ3n) is 3.08. The zero-order valence-corrected chi connectivity index (χ0v) is 13.4. The van der Waals surface area contributed by atoms with Crippen LogP contribution in [0.2, 0.25) is 0 Å².